The quantitative estimate of drug-likeness (QED) is 0.821. The first-order valence-corrected chi connectivity index (χ1v) is 10.7. The summed E-state index contributed by atoms with van der Waals surface area (Å²) in [5.41, 5.74) is -0.173. The molecule has 0 bridgehead atoms. The van der Waals surface area contributed by atoms with E-state index in [4.69, 9.17) is 9.47 Å². The number of benzene rings is 1. The van der Waals surface area contributed by atoms with Gasteiger partial charge in [0.25, 0.3) is 5.56 Å². The largest absolute Gasteiger partial charge is 0.497 e. The maximum atomic E-state index is 12.9. The van der Waals surface area contributed by atoms with E-state index in [9.17, 15) is 14.4 Å². The first-order valence-electron chi connectivity index (χ1n) is 10.7. The lowest BCUT2D eigenvalue weighted by atomic mass is 9.81. The smallest absolute Gasteiger partial charge is 0.328 e. The van der Waals surface area contributed by atoms with Crippen LogP contribution in [-0.2, 0) is 16.1 Å². The van der Waals surface area contributed by atoms with Crippen LogP contribution in [-0.4, -0.2) is 53.8 Å². The van der Waals surface area contributed by atoms with Crippen molar-refractivity contribution in [2.75, 3.05) is 33.4 Å². The summed E-state index contributed by atoms with van der Waals surface area (Å²) < 4.78 is 11.9. The van der Waals surface area contributed by atoms with E-state index in [2.05, 4.69) is 4.98 Å². The fourth-order valence-electron chi connectivity index (χ4n) is 4.60. The predicted octanol–water partition coefficient (Wildman–Crippen LogP) is 1.75. The second kappa shape index (κ2) is 9.04. The summed E-state index contributed by atoms with van der Waals surface area (Å²) in [7, 11) is 1.55. The molecule has 2 heterocycles. The Morgan fingerprint density at radius 2 is 1.97 bits per heavy atom. The Kier molecular flexibility index (Phi) is 6.22. The van der Waals surface area contributed by atoms with Gasteiger partial charge in [0.2, 0.25) is 5.91 Å². The number of hydrogen-bond acceptors (Lipinski definition) is 5. The van der Waals surface area contributed by atoms with Crippen LogP contribution in [0.5, 0.6) is 5.75 Å². The second-order valence-electron chi connectivity index (χ2n) is 8.27. The lowest BCUT2D eigenvalue weighted by Gasteiger charge is -2.31. The van der Waals surface area contributed by atoms with Crippen LogP contribution in [0.1, 0.15) is 32.1 Å². The number of rotatable bonds is 4. The summed E-state index contributed by atoms with van der Waals surface area (Å²) in [6.07, 6.45) is 4.16. The molecule has 2 fully saturated rings. The topological polar surface area (TPSA) is 93.6 Å². The van der Waals surface area contributed by atoms with E-state index in [0.717, 1.165) is 45.3 Å². The number of aromatic amines is 1. The van der Waals surface area contributed by atoms with Gasteiger partial charge in [0.1, 0.15) is 5.75 Å². The number of carbonyl (C=O) groups is 1. The minimum absolute atomic E-state index is 0.0372. The van der Waals surface area contributed by atoms with Crippen molar-refractivity contribution in [3.8, 4) is 5.75 Å². The summed E-state index contributed by atoms with van der Waals surface area (Å²) >= 11 is 0. The zero-order valence-electron chi connectivity index (χ0n) is 17.4. The number of hydrogen-bond donors (Lipinski definition) is 1. The highest BCUT2D eigenvalue weighted by Gasteiger charge is 2.30. The van der Waals surface area contributed by atoms with Crippen molar-refractivity contribution in [1.82, 2.24) is 14.5 Å². The molecule has 1 saturated heterocycles. The van der Waals surface area contributed by atoms with Gasteiger partial charge in [-0.1, -0.05) is 0 Å². The SMILES string of the molecule is COc1ccc2[nH]c(=O)n(C[C@H]3CC[C@H](C(=O)N4CCCOCC4)CC3)c(=O)c2c1. The minimum atomic E-state index is -0.388. The van der Waals surface area contributed by atoms with Crippen LogP contribution in [0.3, 0.4) is 0 Å². The summed E-state index contributed by atoms with van der Waals surface area (Å²) in [5, 5.41) is 0.446. The molecule has 1 N–H and O–H groups in total. The third-order valence-electron chi connectivity index (χ3n) is 6.36. The highest BCUT2D eigenvalue weighted by molar-refractivity contribution is 5.79. The van der Waals surface area contributed by atoms with Gasteiger partial charge >= 0.3 is 5.69 Å². The molecule has 4 rings (SSSR count). The molecule has 8 nitrogen and oxygen atoms in total. The standard InChI is InChI=1S/C22H29N3O5/c1-29-17-7-8-19-18(13-17)21(27)25(22(28)23-19)14-15-3-5-16(6-4-15)20(26)24-9-2-11-30-12-10-24/h7-8,13,15-16H,2-6,9-12,14H2,1H3,(H,23,28)/t15-,16-. The average Bonchev–Trinajstić information content (AvgIpc) is 3.06. The van der Waals surface area contributed by atoms with Crippen molar-refractivity contribution in [2.24, 2.45) is 11.8 Å². The number of amides is 1. The molecule has 8 heteroatoms. The van der Waals surface area contributed by atoms with Crippen molar-refractivity contribution >= 4 is 16.8 Å². The van der Waals surface area contributed by atoms with Crippen LogP contribution in [0.4, 0.5) is 0 Å². The van der Waals surface area contributed by atoms with Crippen LogP contribution in [0.2, 0.25) is 0 Å². The van der Waals surface area contributed by atoms with Crippen molar-refractivity contribution in [1.29, 1.82) is 0 Å². The van der Waals surface area contributed by atoms with Crippen LogP contribution >= 0.6 is 0 Å². The highest BCUT2D eigenvalue weighted by atomic mass is 16.5. The zero-order valence-corrected chi connectivity index (χ0v) is 17.4. The molecule has 0 atom stereocenters. The molecule has 1 aliphatic heterocycles. The Morgan fingerprint density at radius 3 is 2.73 bits per heavy atom. The molecule has 2 aliphatic rings. The highest BCUT2D eigenvalue weighted by Crippen LogP contribution is 2.31. The molecular formula is C22H29N3O5. The molecule has 0 unspecified atom stereocenters. The maximum Gasteiger partial charge on any atom is 0.328 e. The van der Waals surface area contributed by atoms with Gasteiger partial charge in [-0.05, 0) is 56.2 Å². The maximum absolute atomic E-state index is 12.9. The third kappa shape index (κ3) is 4.28. The van der Waals surface area contributed by atoms with Gasteiger partial charge in [-0.3, -0.25) is 14.2 Å². The number of carbonyl (C=O) groups excluding carboxylic acids is 1. The first-order chi connectivity index (χ1) is 14.6. The predicted molar refractivity (Wildman–Crippen MR) is 113 cm³/mol. The number of nitrogens with one attached hydrogen (secondary N) is 1. The van der Waals surface area contributed by atoms with E-state index in [-0.39, 0.29) is 29.0 Å². The lowest BCUT2D eigenvalue weighted by molar-refractivity contribution is -0.136. The Bertz CT molecular complexity index is 1010. The van der Waals surface area contributed by atoms with Gasteiger partial charge in [-0.2, -0.15) is 0 Å². The van der Waals surface area contributed by atoms with E-state index < -0.39 is 0 Å². The Balaban J connectivity index is 1.43. The van der Waals surface area contributed by atoms with Crippen molar-refractivity contribution in [3.63, 3.8) is 0 Å². The molecule has 2 aromatic rings. The number of methoxy groups -OCH3 is 1. The molecule has 1 aliphatic carbocycles. The molecule has 1 amide bonds. The Morgan fingerprint density at radius 1 is 1.17 bits per heavy atom. The summed E-state index contributed by atoms with van der Waals surface area (Å²) in [6.45, 7) is 3.14. The normalized spacial score (nSPS) is 22.6. The fraction of sp³-hybridized carbons (Fsp3) is 0.591. The van der Waals surface area contributed by atoms with Crippen LogP contribution in [0.25, 0.3) is 10.9 Å². The lowest BCUT2D eigenvalue weighted by Crippen LogP contribution is -2.41. The number of ether oxygens (including phenoxy) is 2. The zero-order chi connectivity index (χ0) is 21.1. The van der Waals surface area contributed by atoms with E-state index in [1.807, 2.05) is 4.90 Å². The van der Waals surface area contributed by atoms with Crippen LogP contribution in [0, 0.1) is 11.8 Å². The van der Waals surface area contributed by atoms with E-state index in [1.54, 1.807) is 25.3 Å². The second-order valence-corrected chi connectivity index (χ2v) is 8.27. The van der Waals surface area contributed by atoms with Crippen molar-refractivity contribution in [2.45, 2.75) is 38.6 Å². The molecule has 162 valence electrons. The molecular weight excluding hydrogens is 386 g/mol. The minimum Gasteiger partial charge on any atom is -0.497 e. The Hall–Kier alpha value is -2.61. The van der Waals surface area contributed by atoms with Gasteiger partial charge in [0.05, 0.1) is 24.6 Å². The van der Waals surface area contributed by atoms with Gasteiger partial charge < -0.3 is 19.4 Å². The van der Waals surface area contributed by atoms with Crippen LogP contribution < -0.4 is 16.0 Å². The Labute approximate surface area is 174 Å². The number of H-pyrrole nitrogens is 1. The summed E-state index contributed by atoms with van der Waals surface area (Å²) in [4.78, 5) is 43.0. The molecule has 1 aromatic carbocycles. The van der Waals surface area contributed by atoms with Gasteiger partial charge in [0.15, 0.2) is 0 Å². The van der Waals surface area contributed by atoms with Crippen molar-refractivity contribution < 1.29 is 14.3 Å². The fourth-order valence-corrected chi connectivity index (χ4v) is 4.60. The van der Waals surface area contributed by atoms with E-state index in [1.165, 1.54) is 4.57 Å². The molecule has 30 heavy (non-hydrogen) atoms. The average molecular weight is 415 g/mol. The number of nitrogens with zero attached hydrogens (tertiary/aromatic N) is 2. The molecule has 0 radical (unpaired) electrons. The van der Waals surface area contributed by atoms with E-state index in [0.29, 0.717) is 36.3 Å². The number of aromatic nitrogens is 2. The monoisotopic (exact) mass is 415 g/mol. The van der Waals surface area contributed by atoms with Gasteiger partial charge in [-0.25, -0.2) is 4.79 Å². The third-order valence-corrected chi connectivity index (χ3v) is 6.36. The summed E-state index contributed by atoms with van der Waals surface area (Å²) in [6, 6.07) is 5.06. The van der Waals surface area contributed by atoms with Gasteiger partial charge in [-0.15, -0.1) is 0 Å². The molecule has 0 spiro atoms. The van der Waals surface area contributed by atoms with E-state index >= 15 is 0 Å². The number of fused-ring (bicyclic) bond motifs is 1. The van der Waals surface area contributed by atoms with Crippen molar-refractivity contribution in [3.05, 3.63) is 39.0 Å². The summed E-state index contributed by atoms with van der Waals surface area (Å²) in [5.74, 6) is 1.06. The van der Waals surface area contributed by atoms with Gasteiger partial charge in [0, 0.05) is 32.2 Å². The molecule has 1 saturated carbocycles. The van der Waals surface area contributed by atoms with Crippen LogP contribution in [0.15, 0.2) is 27.8 Å². The molecule has 1 aromatic heterocycles. The first kappa shape index (κ1) is 20.7.